The normalized spacial score (nSPS) is 27.8. The van der Waals surface area contributed by atoms with E-state index >= 15 is 0 Å². The van der Waals surface area contributed by atoms with Crippen molar-refractivity contribution in [1.29, 1.82) is 0 Å². The number of benzene rings is 1. The number of likely N-dealkylation sites (tertiary alicyclic amines) is 1. The summed E-state index contributed by atoms with van der Waals surface area (Å²) in [5, 5.41) is 10.1. The Morgan fingerprint density at radius 1 is 1.29 bits per heavy atom. The number of hydrogen-bond donors (Lipinski definition) is 4. The quantitative estimate of drug-likeness (QED) is 0.591. The molecule has 0 spiro atoms. The van der Waals surface area contributed by atoms with E-state index in [1.807, 2.05) is 0 Å². The summed E-state index contributed by atoms with van der Waals surface area (Å²) in [6, 6.07) is 5.06. The number of halogens is 2. The fourth-order valence-electron chi connectivity index (χ4n) is 2.98. The van der Waals surface area contributed by atoms with Crippen LogP contribution in [0.5, 0.6) is 0 Å². The first-order valence-corrected chi connectivity index (χ1v) is 8.94. The number of carbonyl (C=O) groups is 1. The Morgan fingerprint density at radius 3 is 2.62 bits per heavy atom. The topological polar surface area (TPSA) is 82.4 Å². The SMILES string of the molecule is NC1NC(N2CCCC2)NC(=O)C1C(=S)Nc1ccc(Cl)c(Cl)c1. The fourth-order valence-corrected chi connectivity index (χ4v) is 3.65. The molecule has 5 N–H and O–H groups in total. The third-order valence-corrected chi connectivity index (χ3v) is 5.34. The minimum absolute atomic E-state index is 0.185. The molecule has 3 unspecified atom stereocenters. The van der Waals surface area contributed by atoms with Crippen molar-refractivity contribution in [2.45, 2.75) is 25.3 Å². The number of rotatable bonds is 3. The van der Waals surface area contributed by atoms with E-state index in [-0.39, 0.29) is 12.2 Å². The summed E-state index contributed by atoms with van der Waals surface area (Å²) < 4.78 is 0. The van der Waals surface area contributed by atoms with Gasteiger partial charge in [0.2, 0.25) is 5.91 Å². The molecule has 1 amide bonds. The summed E-state index contributed by atoms with van der Waals surface area (Å²) in [4.78, 5) is 15.0. The van der Waals surface area contributed by atoms with Crippen molar-refractivity contribution in [2.24, 2.45) is 11.7 Å². The summed E-state index contributed by atoms with van der Waals surface area (Å²) in [6.07, 6.45) is 1.46. The number of carbonyl (C=O) groups excluding carboxylic acids is 1. The van der Waals surface area contributed by atoms with Crippen LogP contribution in [-0.4, -0.2) is 41.3 Å². The monoisotopic (exact) mass is 387 g/mol. The second-order valence-electron chi connectivity index (χ2n) is 5.94. The maximum absolute atomic E-state index is 12.5. The lowest BCUT2D eigenvalue weighted by Crippen LogP contribution is -2.70. The molecule has 2 aliphatic heterocycles. The summed E-state index contributed by atoms with van der Waals surface area (Å²) in [5.41, 5.74) is 6.83. The summed E-state index contributed by atoms with van der Waals surface area (Å²) in [7, 11) is 0. The number of hydrogen-bond acceptors (Lipinski definition) is 5. The van der Waals surface area contributed by atoms with Gasteiger partial charge in [-0.3, -0.25) is 15.0 Å². The Labute approximate surface area is 156 Å². The lowest BCUT2D eigenvalue weighted by atomic mass is 10.0. The van der Waals surface area contributed by atoms with E-state index in [0.717, 1.165) is 25.9 Å². The number of nitrogens with two attached hydrogens (primary N) is 1. The number of thiocarbonyl (C=S) groups is 1. The van der Waals surface area contributed by atoms with Gasteiger partial charge in [-0.1, -0.05) is 35.4 Å². The van der Waals surface area contributed by atoms with Crippen molar-refractivity contribution in [1.82, 2.24) is 15.5 Å². The molecule has 3 rings (SSSR count). The van der Waals surface area contributed by atoms with Gasteiger partial charge in [0.05, 0.1) is 21.2 Å². The minimum Gasteiger partial charge on any atom is -0.349 e. The van der Waals surface area contributed by atoms with Gasteiger partial charge >= 0.3 is 0 Å². The van der Waals surface area contributed by atoms with Crippen LogP contribution in [-0.2, 0) is 4.79 Å². The van der Waals surface area contributed by atoms with E-state index in [1.165, 1.54) is 0 Å². The average Bonchev–Trinajstić information content (AvgIpc) is 3.04. The van der Waals surface area contributed by atoms with E-state index in [0.29, 0.717) is 20.7 Å². The van der Waals surface area contributed by atoms with Crippen LogP contribution in [0.2, 0.25) is 10.0 Å². The van der Waals surface area contributed by atoms with Gasteiger partial charge in [-0.2, -0.15) is 0 Å². The highest BCUT2D eigenvalue weighted by Crippen LogP contribution is 2.26. The van der Waals surface area contributed by atoms with Crippen LogP contribution in [0.1, 0.15) is 12.8 Å². The third kappa shape index (κ3) is 3.82. The van der Waals surface area contributed by atoms with Crippen LogP contribution in [0.25, 0.3) is 0 Å². The van der Waals surface area contributed by atoms with Gasteiger partial charge < -0.3 is 16.4 Å². The van der Waals surface area contributed by atoms with Gasteiger partial charge in [0.25, 0.3) is 0 Å². The second-order valence-corrected chi connectivity index (χ2v) is 7.20. The van der Waals surface area contributed by atoms with Gasteiger partial charge in [0.1, 0.15) is 12.2 Å². The van der Waals surface area contributed by atoms with Crippen LogP contribution in [0, 0.1) is 5.92 Å². The Bertz CT molecular complexity index is 653. The molecule has 0 saturated carbocycles. The molecule has 1 aromatic rings. The zero-order chi connectivity index (χ0) is 17.3. The van der Waals surface area contributed by atoms with Gasteiger partial charge in [-0.25, -0.2) is 0 Å². The van der Waals surface area contributed by atoms with Crippen molar-refractivity contribution >= 4 is 52.0 Å². The van der Waals surface area contributed by atoms with Crippen molar-refractivity contribution < 1.29 is 4.79 Å². The molecule has 0 aliphatic carbocycles. The molecular weight excluding hydrogens is 369 g/mol. The Morgan fingerprint density at radius 2 is 2.00 bits per heavy atom. The van der Waals surface area contributed by atoms with Crippen LogP contribution >= 0.6 is 35.4 Å². The van der Waals surface area contributed by atoms with Gasteiger partial charge in [0.15, 0.2) is 0 Å². The average molecular weight is 388 g/mol. The van der Waals surface area contributed by atoms with Crippen LogP contribution < -0.4 is 21.7 Å². The minimum atomic E-state index is -0.659. The van der Waals surface area contributed by atoms with Gasteiger partial charge in [-0.05, 0) is 31.0 Å². The molecule has 1 aromatic carbocycles. The molecule has 0 bridgehead atoms. The largest absolute Gasteiger partial charge is 0.349 e. The van der Waals surface area contributed by atoms with Crippen molar-refractivity contribution in [3.63, 3.8) is 0 Å². The first-order chi connectivity index (χ1) is 11.5. The summed E-state index contributed by atoms with van der Waals surface area (Å²) >= 11 is 17.3. The van der Waals surface area contributed by atoms with Crippen LogP contribution in [0.4, 0.5) is 5.69 Å². The lowest BCUT2D eigenvalue weighted by Gasteiger charge is -2.39. The summed E-state index contributed by atoms with van der Waals surface area (Å²) in [6.45, 7) is 1.89. The third-order valence-electron chi connectivity index (χ3n) is 4.25. The first-order valence-electron chi connectivity index (χ1n) is 7.77. The molecule has 9 heteroatoms. The Hall–Kier alpha value is -0.960. The maximum atomic E-state index is 12.5. The van der Waals surface area contributed by atoms with Crippen molar-refractivity contribution in [3.8, 4) is 0 Å². The number of amides is 1. The zero-order valence-electron chi connectivity index (χ0n) is 12.9. The molecule has 2 fully saturated rings. The smallest absolute Gasteiger partial charge is 0.235 e. The van der Waals surface area contributed by atoms with Crippen LogP contribution in [0.15, 0.2) is 18.2 Å². The first kappa shape index (κ1) is 17.8. The van der Waals surface area contributed by atoms with Crippen LogP contribution in [0.3, 0.4) is 0 Å². The molecule has 6 nitrogen and oxygen atoms in total. The highest BCUT2D eigenvalue weighted by Gasteiger charge is 2.39. The van der Waals surface area contributed by atoms with E-state index < -0.39 is 12.1 Å². The van der Waals surface area contributed by atoms with Gasteiger partial charge in [0, 0.05) is 18.8 Å². The van der Waals surface area contributed by atoms with E-state index in [2.05, 4.69) is 20.9 Å². The number of nitrogens with zero attached hydrogens (tertiary/aromatic N) is 1. The van der Waals surface area contributed by atoms with E-state index in [1.54, 1.807) is 18.2 Å². The van der Waals surface area contributed by atoms with E-state index in [9.17, 15) is 4.79 Å². The molecule has 2 heterocycles. The molecule has 0 aromatic heterocycles. The second kappa shape index (κ2) is 7.51. The molecule has 2 aliphatic rings. The highest BCUT2D eigenvalue weighted by atomic mass is 35.5. The Balaban J connectivity index is 1.66. The molecule has 0 radical (unpaired) electrons. The van der Waals surface area contributed by atoms with E-state index in [4.69, 9.17) is 41.2 Å². The maximum Gasteiger partial charge on any atom is 0.235 e. The van der Waals surface area contributed by atoms with Gasteiger partial charge in [-0.15, -0.1) is 0 Å². The number of anilines is 1. The predicted molar refractivity (Wildman–Crippen MR) is 100 cm³/mol. The zero-order valence-corrected chi connectivity index (χ0v) is 15.2. The predicted octanol–water partition coefficient (Wildman–Crippen LogP) is 1.73. The molecule has 2 saturated heterocycles. The standard InChI is InChI=1S/C15H19Cl2N5OS/c16-9-4-3-8(7-10(9)17)19-14(24)11-12(18)20-15(21-13(11)23)22-5-1-2-6-22/h3-4,7,11-12,15,20H,1-2,5-6,18H2,(H,19,24)(H,21,23). The fraction of sp³-hybridized carbons (Fsp3) is 0.467. The molecular formula is C15H19Cl2N5OS. The number of nitrogens with one attached hydrogen (secondary N) is 3. The molecule has 3 atom stereocenters. The van der Waals surface area contributed by atoms with Crippen molar-refractivity contribution in [3.05, 3.63) is 28.2 Å². The molecule has 130 valence electrons. The van der Waals surface area contributed by atoms with Crippen molar-refractivity contribution in [2.75, 3.05) is 18.4 Å². The summed E-state index contributed by atoms with van der Waals surface area (Å²) in [5.74, 6) is -0.844. The highest BCUT2D eigenvalue weighted by molar-refractivity contribution is 7.80. The molecule has 24 heavy (non-hydrogen) atoms. The Kier molecular flexibility index (Phi) is 5.59. The lowest BCUT2D eigenvalue weighted by molar-refractivity contribution is -0.129.